The van der Waals surface area contributed by atoms with Gasteiger partial charge in [0.25, 0.3) is 0 Å². The number of anilines is 1. The smallest absolute Gasteiger partial charge is 0.0426 e. The molecular formula is C16H24ClN3. The van der Waals surface area contributed by atoms with Crippen molar-refractivity contribution in [2.24, 2.45) is 0 Å². The van der Waals surface area contributed by atoms with Gasteiger partial charge in [0.1, 0.15) is 0 Å². The fourth-order valence-electron chi connectivity index (χ4n) is 3.44. The van der Waals surface area contributed by atoms with Crippen molar-refractivity contribution < 1.29 is 0 Å². The molecule has 3 nitrogen and oxygen atoms in total. The topological polar surface area (TPSA) is 18.5 Å². The second-order valence-electron chi connectivity index (χ2n) is 5.92. The molecular weight excluding hydrogens is 270 g/mol. The number of nitrogens with zero attached hydrogens (tertiary/aromatic N) is 2. The van der Waals surface area contributed by atoms with Crippen LogP contribution >= 0.6 is 11.6 Å². The second-order valence-corrected chi connectivity index (χ2v) is 6.36. The molecule has 0 aromatic heterocycles. The van der Waals surface area contributed by atoms with Crippen molar-refractivity contribution in [2.75, 3.05) is 44.6 Å². The first kappa shape index (κ1) is 14.2. The Morgan fingerprint density at radius 1 is 1.20 bits per heavy atom. The van der Waals surface area contributed by atoms with Crippen molar-refractivity contribution in [1.29, 1.82) is 0 Å². The van der Waals surface area contributed by atoms with Crippen LogP contribution in [-0.2, 0) is 0 Å². The normalized spacial score (nSPS) is 24.4. The predicted molar refractivity (Wildman–Crippen MR) is 85.6 cm³/mol. The van der Waals surface area contributed by atoms with Gasteiger partial charge in [-0.2, -0.15) is 0 Å². The van der Waals surface area contributed by atoms with Crippen LogP contribution in [-0.4, -0.2) is 55.1 Å². The molecule has 2 saturated heterocycles. The summed E-state index contributed by atoms with van der Waals surface area (Å²) >= 11 is 6.00. The zero-order valence-electron chi connectivity index (χ0n) is 12.0. The molecule has 1 atom stereocenters. The highest BCUT2D eigenvalue weighted by Gasteiger charge is 2.28. The van der Waals surface area contributed by atoms with Crippen LogP contribution in [0.4, 0.5) is 5.69 Å². The van der Waals surface area contributed by atoms with Gasteiger partial charge in [0.05, 0.1) is 0 Å². The summed E-state index contributed by atoms with van der Waals surface area (Å²) < 4.78 is 0. The summed E-state index contributed by atoms with van der Waals surface area (Å²) in [6.07, 6.45) is 4.09. The molecule has 0 bridgehead atoms. The number of fused-ring (bicyclic) bond motifs is 1. The molecule has 4 heteroatoms. The van der Waals surface area contributed by atoms with Crippen LogP contribution in [0.5, 0.6) is 0 Å². The molecule has 0 amide bonds. The van der Waals surface area contributed by atoms with E-state index in [1.165, 1.54) is 45.4 Å². The van der Waals surface area contributed by atoms with E-state index < -0.39 is 0 Å². The van der Waals surface area contributed by atoms with E-state index in [-0.39, 0.29) is 0 Å². The number of hydrogen-bond acceptors (Lipinski definition) is 3. The first-order chi connectivity index (χ1) is 9.81. The van der Waals surface area contributed by atoms with Gasteiger partial charge in [-0.05, 0) is 57.1 Å². The van der Waals surface area contributed by atoms with Crippen molar-refractivity contribution in [2.45, 2.75) is 25.3 Å². The lowest BCUT2D eigenvalue weighted by atomic mass is 10.2. The first-order valence-corrected chi connectivity index (χ1v) is 8.15. The average molecular weight is 294 g/mol. The summed E-state index contributed by atoms with van der Waals surface area (Å²) in [6, 6.07) is 8.78. The minimum absolute atomic E-state index is 0.798. The average Bonchev–Trinajstić information content (AvgIpc) is 2.78. The van der Waals surface area contributed by atoms with Crippen molar-refractivity contribution >= 4 is 17.3 Å². The molecule has 0 saturated carbocycles. The van der Waals surface area contributed by atoms with E-state index in [1.54, 1.807) is 0 Å². The van der Waals surface area contributed by atoms with Crippen LogP contribution in [0, 0.1) is 0 Å². The third-order valence-corrected chi connectivity index (χ3v) is 4.70. The van der Waals surface area contributed by atoms with E-state index in [4.69, 9.17) is 11.6 Å². The highest BCUT2D eigenvalue weighted by atomic mass is 35.5. The number of halogens is 1. The molecule has 1 unspecified atom stereocenters. The van der Waals surface area contributed by atoms with Gasteiger partial charge in [-0.15, -0.1) is 0 Å². The fraction of sp³-hybridized carbons (Fsp3) is 0.625. The molecule has 1 N–H and O–H groups in total. The molecule has 110 valence electrons. The molecule has 0 aliphatic carbocycles. The molecule has 1 aromatic carbocycles. The zero-order valence-corrected chi connectivity index (χ0v) is 12.8. The summed E-state index contributed by atoms with van der Waals surface area (Å²) in [6.45, 7) is 7.22. The molecule has 2 aliphatic heterocycles. The van der Waals surface area contributed by atoms with Gasteiger partial charge in [0.15, 0.2) is 0 Å². The highest BCUT2D eigenvalue weighted by molar-refractivity contribution is 6.30. The SMILES string of the molecule is Clc1cccc(NCCN2CCCN3CCCC3C2)c1. The van der Waals surface area contributed by atoms with Crippen LogP contribution in [0.1, 0.15) is 19.3 Å². The van der Waals surface area contributed by atoms with Crippen LogP contribution < -0.4 is 5.32 Å². The van der Waals surface area contributed by atoms with Crippen LogP contribution in [0.3, 0.4) is 0 Å². The van der Waals surface area contributed by atoms with Crippen molar-refractivity contribution in [3.05, 3.63) is 29.3 Å². The zero-order chi connectivity index (χ0) is 13.8. The summed E-state index contributed by atoms with van der Waals surface area (Å²) in [5.74, 6) is 0. The minimum atomic E-state index is 0.798. The fourth-order valence-corrected chi connectivity index (χ4v) is 3.63. The van der Waals surface area contributed by atoms with E-state index in [0.29, 0.717) is 0 Å². The Bertz CT molecular complexity index is 437. The maximum absolute atomic E-state index is 6.00. The Hall–Kier alpha value is -0.770. The van der Waals surface area contributed by atoms with E-state index in [9.17, 15) is 0 Å². The maximum Gasteiger partial charge on any atom is 0.0426 e. The van der Waals surface area contributed by atoms with Crippen LogP contribution in [0.2, 0.25) is 5.02 Å². The highest BCUT2D eigenvalue weighted by Crippen LogP contribution is 2.21. The Morgan fingerprint density at radius 2 is 2.10 bits per heavy atom. The standard InChI is InChI=1S/C16H24ClN3/c17-14-4-1-5-15(12-14)18-7-11-19-8-3-10-20-9-2-6-16(20)13-19/h1,4-5,12,16,18H,2-3,6-11,13H2. The molecule has 1 aromatic rings. The molecule has 20 heavy (non-hydrogen) atoms. The molecule has 2 fully saturated rings. The van der Waals surface area contributed by atoms with Gasteiger partial charge in [-0.1, -0.05) is 17.7 Å². The summed E-state index contributed by atoms with van der Waals surface area (Å²) in [5.41, 5.74) is 1.12. The Labute approximate surface area is 126 Å². The lowest BCUT2D eigenvalue weighted by Gasteiger charge is -2.25. The largest absolute Gasteiger partial charge is 0.384 e. The molecule has 0 radical (unpaired) electrons. The predicted octanol–water partition coefficient (Wildman–Crippen LogP) is 2.92. The Balaban J connectivity index is 1.46. The van der Waals surface area contributed by atoms with Gasteiger partial charge < -0.3 is 5.32 Å². The van der Waals surface area contributed by atoms with Crippen LogP contribution in [0.25, 0.3) is 0 Å². The minimum Gasteiger partial charge on any atom is -0.384 e. The number of benzene rings is 1. The molecule has 2 aliphatic rings. The quantitative estimate of drug-likeness (QED) is 0.921. The van der Waals surface area contributed by atoms with Crippen LogP contribution in [0.15, 0.2) is 24.3 Å². The number of rotatable bonds is 4. The summed E-state index contributed by atoms with van der Waals surface area (Å²) in [5, 5.41) is 4.27. The third-order valence-electron chi connectivity index (χ3n) is 4.47. The molecule has 2 heterocycles. The van der Waals surface area contributed by atoms with Gasteiger partial charge in [-0.25, -0.2) is 0 Å². The van der Waals surface area contributed by atoms with E-state index >= 15 is 0 Å². The first-order valence-electron chi connectivity index (χ1n) is 7.77. The lowest BCUT2D eigenvalue weighted by molar-refractivity contribution is 0.224. The number of hydrogen-bond donors (Lipinski definition) is 1. The molecule has 0 spiro atoms. The second kappa shape index (κ2) is 6.79. The monoisotopic (exact) mass is 293 g/mol. The van der Waals surface area contributed by atoms with Crippen molar-refractivity contribution in [3.8, 4) is 0 Å². The van der Waals surface area contributed by atoms with Gasteiger partial charge in [0.2, 0.25) is 0 Å². The van der Waals surface area contributed by atoms with E-state index in [2.05, 4.69) is 21.2 Å². The van der Waals surface area contributed by atoms with Crippen molar-refractivity contribution in [3.63, 3.8) is 0 Å². The van der Waals surface area contributed by atoms with Gasteiger partial charge in [-0.3, -0.25) is 9.80 Å². The Morgan fingerprint density at radius 3 is 3.00 bits per heavy atom. The summed E-state index contributed by atoms with van der Waals surface area (Å²) in [4.78, 5) is 5.30. The van der Waals surface area contributed by atoms with Gasteiger partial charge >= 0.3 is 0 Å². The maximum atomic E-state index is 6.00. The van der Waals surface area contributed by atoms with E-state index in [0.717, 1.165) is 29.8 Å². The lowest BCUT2D eigenvalue weighted by Crippen LogP contribution is -2.38. The van der Waals surface area contributed by atoms with Crippen molar-refractivity contribution in [1.82, 2.24) is 9.80 Å². The van der Waals surface area contributed by atoms with Gasteiger partial charge in [0, 0.05) is 36.4 Å². The summed E-state index contributed by atoms with van der Waals surface area (Å²) in [7, 11) is 0. The molecule has 3 rings (SSSR count). The van der Waals surface area contributed by atoms with E-state index in [1.807, 2.05) is 18.2 Å². The number of nitrogens with one attached hydrogen (secondary N) is 1. The Kier molecular flexibility index (Phi) is 4.81. The third kappa shape index (κ3) is 3.66.